The Morgan fingerprint density at radius 2 is 2.09 bits per heavy atom. The predicted octanol–water partition coefficient (Wildman–Crippen LogP) is 1.72. The molecule has 0 amide bonds. The molecular weight excluding hydrogens is 155 g/mol. The molecule has 2 nitrogen and oxygen atoms in total. The Morgan fingerprint density at radius 3 is 2.18 bits per heavy atom. The lowest BCUT2D eigenvalue weighted by Gasteiger charge is -2.29. The zero-order chi connectivity index (χ0) is 9.07. The van der Waals surface area contributed by atoms with E-state index in [0.29, 0.717) is 5.92 Å². The summed E-state index contributed by atoms with van der Waals surface area (Å²) in [5.41, 5.74) is 5.77. The van der Waals surface area contributed by atoms with Crippen molar-refractivity contribution >= 4 is 9.24 Å². The van der Waals surface area contributed by atoms with E-state index < -0.39 is 5.28 Å². The molecule has 0 aliphatic carbocycles. The van der Waals surface area contributed by atoms with Crippen molar-refractivity contribution in [2.75, 3.05) is 0 Å². The van der Waals surface area contributed by atoms with E-state index in [-0.39, 0.29) is 5.92 Å². The Hall–Kier alpha value is -0.120. The second kappa shape index (κ2) is 4.04. The summed E-state index contributed by atoms with van der Waals surface area (Å²) in [5, 5.41) is 8.00. The van der Waals surface area contributed by atoms with Gasteiger partial charge in [-0.2, -0.15) is 5.26 Å². The number of hydrogen-bond acceptors (Lipinski definition) is 2. The van der Waals surface area contributed by atoms with E-state index in [4.69, 9.17) is 11.0 Å². The largest absolute Gasteiger partial charge is 0.310 e. The first-order valence-corrected chi connectivity index (χ1v) is 4.52. The highest BCUT2D eigenvalue weighted by Crippen LogP contribution is 2.30. The van der Waals surface area contributed by atoms with Crippen molar-refractivity contribution in [3.8, 4) is 6.07 Å². The van der Waals surface area contributed by atoms with Gasteiger partial charge in [0.15, 0.2) is 0 Å². The lowest BCUT2D eigenvalue weighted by Crippen LogP contribution is -2.41. The third kappa shape index (κ3) is 2.77. The molecule has 0 heterocycles. The van der Waals surface area contributed by atoms with Crippen molar-refractivity contribution in [2.45, 2.75) is 32.5 Å². The Morgan fingerprint density at radius 1 is 1.64 bits per heavy atom. The van der Waals surface area contributed by atoms with E-state index in [1.54, 1.807) is 0 Å². The summed E-state index contributed by atoms with van der Waals surface area (Å²) in [6.45, 7) is 6.25. The highest BCUT2D eigenvalue weighted by Gasteiger charge is 2.30. The van der Waals surface area contributed by atoms with Crippen LogP contribution in [0.15, 0.2) is 0 Å². The van der Waals surface area contributed by atoms with Crippen molar-refractivity contribution in [2.24, 2.45) is 17.6 Å². The van der Waals surface area contributed by atoms with Crippen molar-refractivity contribution in [1.29, 1.82) is 5.26 Å². The maximum Gasteiger partial charge on any atom is 0.120 e. The molecule has 0 aromatic carbocycles. The normalized spacial score (nSPS) is 19.0. The molecule has 0 aromatic heterocycles. The second-order valence-corrected chi connectivity index (χ2v) is 4.26. The van der Waals surface area contributed by atoms with Gasteiger partial charge in [-0.15, -0.1) is 9.24 Å². The fourth-order valence-electron chi connectivity index (χ4n) is 1.44. The maximum atomic E-state index is 8.75. The molecule has 0 saturated carbocycles. The molecule has 64 valence electrons. The van der Waals surface area contributed by atoms with Gasteiger partial charge in [0.1, 0.15) is 5.28 Å². The van der Waals surface area contributed by atoms with Crippen LogP contribution in [-0.2, 0) is 0 Å². The number of nitrogens with two attached hydrogens (primary N) is 1. The van der Waals surface area contributed by atoms with Crippen molar-refractivity contribution in [1.82, 2.24) is 0 Å². The lowest BCUT2D eigenvalue weighted by atomic mass is 9.87. The highest BCUT2D eigenvalue weighted by molar-refractivity contribution is 7.19. The summed E-state index contributed by atoms with van der Waals surface area (Å²) in [4.78, 5) is 0. The molecule has 0 fully saturated rings. The van der Waals surface area contributed by atoms with Gasteiger partial charge in [0.2, 0.25) is 0 Å². The number of nitrogens with zero attached hydrogens (tertiary/aromatic N) is 1. The average molecular weight is 172 g/mol. The molecule has 0 radical (unpaired) electrons. The second-order valence-electron chi connectivity index (χ2n) is 3.30. The number of rotatable bonds is 3. The summed E-state index contributed by atoms with van der Waals surface area (Å²) >= 11 is 0. The van der Waals surface area contributed by atoms with Gasteiger partial charge in [0.25, 0.3) is 0 Å². The SMILES string of the molecule is CCC(C(C)C)C(N)(P)C#N. The minimum atomic E-state index is -0.747. The monoisotopic (exact) mass is 172 g/mol. The van der Waals surface area contributed by atoms with Crippen molar-refractivity contribution in [3.05, 3.63) is 0 Å². The zero-order valence-electron chi connectivity index (χ0n) is 7.46. The molecule has 0 aliphatic heterocycles. The van der Waals surface area contributed by atoms with Crippen LogP contribution < -0.4 is 5.73 Å². The van der Waals surface area contributed by atoms with E-state index in [2.05, 4.69) is 36.1 Å². The van der Waals surface area contributed by atoms with Gasteiger partial charge >= 0.3 is 0 Å². The minimum Gasteiger partial charge on any atom is -0.310 e. The number of hydrogen-bond donors (Lipinski definition) is 1. The Kier molecular flexibility index (Phi) is 4.00. The first-order chi connectivity index (χ1) is 4.95. The van der Waals surface area contributed by atoms with E-state index in [9.17, 15) is 0 Å². The molecule has 0 aromatic rings. The van der Waals surface area contributed by atoms with Gasteiger partial charge in [-0.3, -0.25) is 0 Å². The smallest absolute Gasteiger partial charge is 0.120 e. The summed E-state index contributed by atoms with van der Waals surface area (Å²) in [6.07, 6.45) is 0.950. The molecule has 3 heteroatoms. The molecule has 2 N–H and O–H groups in total. The van der Waals surface area contributed by atoms with Crippen LogP contribution in [0, 0.1) is 23.2 Å². The van der Waals surface area contributed by atoms with Gasteiger partial charge < -0.3 is 5.73 Å². The highest BCUT2D eigenvalue weighted by atomic mass is 31.0. The molecule has 0 saturated heterocycles. The lowest BCUT2D eigenvalue weighted by molar-refractivity contribution is 0.323. The first-order valence-electron chi connectivity index (χ1n) is 3.94. The van der Waals surface area contributed by atoms with Crippen LogP contribution >= 0.6 is 9.24 Å². The molecule has 0 rings (SSSR count). The molecule has 3 unspecified atom stereocenters. The molecule has 11 heavy (non-hydrogen) atoms. The van der Waals surface area contributed by atoms with Crippen LogP contribution in [0.25, 0.3) is 0 Å². The fourth-order valence-corrected chi connectivity index (χ4v) is 2.06. The van der Waals surface area contributed by atoms with Gasteiger partial charge in [-0.25, -0.2) is 0 Å². The van der Waals surface area contributed by atoms with Crippen molar-refractivity contribution in [3.63, 3.8) is 0 Å². The van der Waals surface area contributed by atoms with Gasteiger partial charge in [-0.1, -0.05) is 20.8 Å². The quantitative estimate of drug-likeness (QED) is 0.659. The molecule has 0 spiro atoms. The zero-order valence-corrected chi connectivity index (χ0v) is 8.62. The van der Waals surface area contributed by atoms with Crippen LogP contribution in [0.2, 0.25) is 0 Å². The Balaban J connectivity index is 4.39. The first kappa shape index (κ1) is 10.9. The van der Waals surface area contributed by atoms with E-state index in [1.165, 1.54) is 0 Å². The average Bonchev–Trinajstić information content (AvgIpc) is 1.88. The topological polar surface area (TPSA) is 49.8 Å². The minimum absolute atomic E-state index is 0.262. The van der Waals surface area contributed by atoms with E-state index in [0.717, 1.165) is 6.42 Å². The summed E-state index contributed by atoms with van der Waals surface area (Å²) < 4.78 is 0. The van der Waals surface area contributed by atoms with E-state index in [1.807, 2.05) is 0 Å². The van der Waals surface area contributed by atoms with Crippen LogP contribution in [0.3, 0.4) is 0 Å². The molecule has 0 aliphatic rings. The third-order valence-electron chi connectivity index (χ3n) is 2.05. The predicted molar refractivity (Wildman–Crippen MR) is 50.9 cm³/mol. The molecule has 3 atom stereocenters. The number of nitriles is 1. The summed E-state index contributed by atoms with van der Waals surface area (Å²) in [7, 11) is 2.44. The molecule has 0 bridgehead atoms. The Labute approximate surface area is 71.4 Å². The molecular formula is C8H17N2P. The fraction of sp³-hybridized carbons (Fsp3) is 0.875. The standard InChI is InChI=1S/C8H17N2P/c1-4-7(6(2)3)8(10,11)5-9/h6-7H,4,10-11H2,1-3H3. The summed E-state index contributed by atoms with van der Waals surface area (Å²) in [6, 6.07) is 2.11. The van der Waals surface area contributed by atoms with Crippen LogP contribution in [0.1, 0.15) is 27.2 Å². The van der Waals surface area contributed by atoms with Gasteiger partial charge in [-0.05, 0) is 18.3 Å². The maximum absolute atomic E-state index is 8.75. The van der Waals surface area contributed by atoms with Gasteiger partial charge in [0, 0.05) is 0 Å². The summed E-state index contributed by atoms with van der Waals surface area (Å²) in [5.74, 6) is 0.722. The Bertz CT molecular complexity index is 158. The van der Waals surface area contributed by atoms with Crippen LogP contribution in [0.5, 0.6) is 0 Å². The van der Waals surface area contributed by atoms with Crippen LogP contribution in [-0.4, -0.2) is 5.28 Å². The third-order valence-corrected chi connectivity index (χ3v) is 2.61. The van der Waals surface area contributed by atoms with Crippen molar-refractivity contribution < 1.29 is 0 Å². The van der Waals surface area contributed by atoms with E-state index >= 15 is 0 Å². The van der Waals surface area contributed by atoms with Gasteiger partial charge in [0.05, 0.1) is 6.07 Å². The van der Waals surface area contributed by atoms with Crippen LogP contribution in [0.4, 0.5) is 0 Å².